The van der Waals surface area contributed by atoms with Crippen molar-refractivity contribution in [2.75, 3.05) is 17.9 Å². The number of nitrogens with one attached hydrogen (secondary N) is 1. The Bertz CT molecular complexity index is 1270. The molecule has 5 rings (SSSR count). The highest BCUT2D eigenvalue weighted by Crippen LogP contribution is 2.46. The minimum absolute atomic E-state index is 0.0265. The Morgan fingerprint density at radius 3 is 2.63 bits per heavy atom. The third kappa shape index (κ3) is 5.00. The van der Waals surface area contributed by atoms with Crippen LogP contribution in [0.4, 0.5) is 18.3 Å². The molecule has 3 aromatic rings. The van der Waals surface area contributed by atoms with Gasteiger partial charge in [0.25, 0.3) is 10.0 Å². The highest BCUT2D eigenvalue weighted by molar-refractivity contribution is 7.93. The monoisotopic (exact) mass is 524 g/mol. The molecule has 3 atom stereocenters. The Balaban J connectivity index is 1.45. The molecule has 1 aromatic heterocycles. The number of benzene rings is 2. The van der Waals surface area contributed by atoms with Crippen molar-refractivity contribution in [3.8, 4) is 5.75 Å². The standard InChI is InChI=1S/C23H23F3N4O3S2/c24-16-3-1-14(2-4-16)20-11-15(22(25)26)7-9-30(20)19-8-10-33-21-12-17(5-6-18(19)21)35(31,32)29-23-27-13-28-34-23/h1-6,12-13,15,19-20,22H,7-11H2,(H,27,28,29)/t15?,19-,20-/m0/s1. The highest BCUT2D eigenvalue weighted by atomic mass is 32.2. The lowest BCUT2D eigenvalue weighted by Crippen LogP contribution is -2.42. The van der Waals surface area contributed by atoms with E-state index in [2.05, 4.69) is 19.0 Å². The Morgan fingerprint density at radius 2 is 1.91 bits per heavy atom. The van der Waals surface area contributed by atoms with Gasteiger partial charge in [0.2, 0.25) is 11.6 Å². The van der Waals surface area contributed by atoms with E-state index in [1.165, 1.54) is 30.6 Å². The maximum absolute atomic E-state index is 13.6. The lowest BCUT2D eigenvalue weighted by atomic mass is 9.84. The largest absolute Gasteiger partial charge is 0.493 e. The van der Waals surface area contributed by atoms with Crippen LogP contribution in [0.1, 0.15) is 42.5 Å². The summed E-state index contributed by atoms with van der Waals surface area (Å²) in [6.45, 7) is 0.801. The molecule has 35 heavy (non-hydrogen) atoms. The number of piperidine rings is 1. The van der Waals surface area contributed by atoms with Gasteiger partial charge < -0.3 is 4.74 Å². The molecule has 2 aliphatic heterocycles. The van der Waals surface area contributed by atoms with Gasteiger partial charge in [-0.3, -0.25) is 9.62 Å². The molecular weight excluding hydrogens is 501 g/mol. The van der Waals surface area contributed by atoms with Crippen molar-refractivity contribution in [1.29, 1.82) is 0 Å². The van der Waals surface area contributed by atoms with Crippen molar-refractivity contribution in [2.45, 2.75) is 42.7 Å². The van der Waals surface area contributed by atoms with E-state index in [1.807, 2.05) is 0 Å². The summed E-state index contributed by atoms with van der Waals surface area (Å²) in [6, 6.07) is 10.2. The smallest absolute Gasteiger partial charge is 0.263 e. The molecule has 1 fully saturated rings. The minimum Gasteiger partial charge on any atom is -0.493 e. The van der Waals surface area contributed by atoms with Gasteiger partial charge in [0, 0.05) is 47.6 Å². The van der Waals surface area contributed by atoms with Crippen molar-refractivity contribution >= 4 is 26.7 Å². The molecule has 0 saturated carbocycles. The van der Waals surface area contributed by atoms with Crippen molar-refractivity contribution in [3.63, 3.8) is 0 Å². The molecular formula is C23H23F3N4O3S2. The number of hydrogen-bond acceptors (Lipinski definition) is 7. The molecule has 1 N–H and O–H groups in total. The highest BCUT2D eigenvalue weighted by Gasteiger charge is 2.39. The molecule has 0 amide bonds. The topological polar surface area (TPSA) is 84.4 Å². The lowest BCUT2D eigenvalue weighted by molar-refractivity contribution is -0.0134. The van der Waals surface area contributed by atoms with E-state index in [4.69, 9.17) is 4.74 Å². The van der Waals surface area contributed by atoms with Gasteiger partial charge in [-0.15, -0.1) is 0 Å². The summed E-state index contributed by atoms with van der Waals surface area (Å²) >= 11 is 0.927. The third-order valence-corrected chi connectivity index (χ3v) is 8.63. The minimum atomic E-state index is -3.89. The number of alkyl halides is 2. The number of rotatable bonds is 6. The van der Waals surface area contributed by atoms with E-state index in [0.29, 0.717) is 31.7 Å². The summed E-state index contributed by atoms with van der Waals surface area (Å²) in [5, 5.41) is 0.158. The maximum atomic E-state index is 13.6. The molecule has 0 bridgehead atoms. The quantitative estimate of drug-likeness (QED) is 0.488. The van der Waals surface area contributed by atoms with E-state index in [1.54, 1.807) is 18.2 Å². The average molecular weight is 525 g/mol. The fourth-order valence-corrected chi connectivity index (χ4v) is 6.56. The van der Waals surface area contributed by atoms with Gasteiger partial charge in [-0.2, -0.15) is 4.37 Å². The van der Waals surface area contributed by atoms with Gasteiger partial charge in [0.15, 0.2) is 0 Å². The van der Waals surface area contributed by atoms with E-state index >= 15 is 0 Å². The van der Waals surface area contributed by atoms with Crippen LogP contribution >= 0.6 is 11.5 Å². The molecule has 7 nitrogen and oxygen atoms in total. The first-order valence-corrected chi connectivity index (χ1v) is 13.4. The van der Waals surface area contributed by atoms with Gasteiger partial charge in [-0.05, 0) is 43.1 Å². The van der Waals surface area contributed by atoms with Crippen LogP contribution in [0.15, 0.2) is 53.7 Å². The van der Waals surface area contributed by atoms with Gasteiger partial charge in [0.05, 0.1) is 11.5 Å². The predicted molar refractivity (Wildman–Crippen MR) is 125 cm³/mol. The number of aromatic nitrogens is 2. The fraction of sp³-hybridized carbons (Fsp3) is 0.391. The van der Waals surface area contributed by atoms with Gasteiger partial charge in [-0.25, -0.2) is 26.6 Å². The summed E-state index contributed by atoms with van der Waals surface area (Å²) in [4.78, 5) is 6.05. The van der Waals surface area contributed by atoms with Gasteiger partial charge >= 0.3 is 0 Å². The SMILES string of the molecule is O=S(=O)(Nc1ncns1)c1ccc2c(c1)OCC[C@@H]2N1CCC(C(F)F)C[C@H]1c1ccc(F)cc1. The number of nitrogens with zero attached hydrogens (tertiary/aromatic N) is 3. The van der Waals surface area contributed by atoms with E-state index in [0.717, 1.165) is 22.7 Å². The van der Waals surface area contributed by atoms with Crippen LogP contribution in [0.3, 0.4) is 0 Å². The number of sulfonamides is 1. The van der Waals surface area contributed by atoms with Crippen LogP contribution in [0.5, 0.6) is 5.75 Å². The normalized spacial score (nSPS) is 23.0. The van der Waals surface area contributed by atoms with Crippen LogP contribution < -0.4 is 9.46 Å². The molecule has 1 unspecified atom stereocenters. The summed E-state index contributed by atoms with van der Waals surface area (Å²) in [5.74, 6) is -0.677. The Morgan fingerprint density at radius 1 is 1.11 bits per heavy atom. The zero-order valence-electron chi connectivity index (χ0n) is 18.5. The summed E-state index contributed by atoms with van der Waals surface area (Å²) < 4.78 is 78.3. The van der Waals surface area contributed by atoms with Crippen molar-refractivity contribution in [2.24, 2.45) is 5.92 Å². The summed E-state index contributed by atoms with van der Waals surface area (Å²) in [7, 11) is -3.89. The van der Waals surface area contributed by atoms with Crippen molar-refractivity contribution in [3.05, 3.63) is 65.7 Å². The lowest BCUT2D eigenvalue weighted by Gasteiger charge is -2.45. The zero-order chi connectivity index (χ0) is 24.6. The number of likely N-dealkylation sites (tertiary alicyclic amines) is 1. The predicted octanol–water partition coefficient (Wildman–Crippen LogP) is 5.02. The summed E-state index contributed by atoms with van der Waals surface area (Å²) in [6.07, 6.45) is 0.0706. The van der Waals surface area contributed by atoms with Crippen LogP contribution in [0.2, 0.25) is 0 Å². The first-order valence-electron chi connectivity index (χ1n) is 11.2. The Kier molecular flexibility index (Phi) is 6.69. The molecule has 0 radical (unpaired) electrons. The molecule has 0 aliphatic carbocycles. The molecule has 1 saturated heterocycles. The first-order chi connectivity index (χ1) is 16.8. The number of ether oxygens (including phenoxy) is 1. The van der Waals surface area contributed by atoms with Gasteiger partial charge in [0.1, 0.15) is 17.9 Å². The molecule has 12 heteroatoms. The Hall–Kier alpha value is -2.70. The second-order valence-electron chi connectivity index (χ2n) is 8.63. The van der Waals surface area contributed by atoms with E-state index < -0.39 is 22.4 Å². The van der Waals surface area contributed by atoms with E-state index in [9.17, 15) is 21.6 Å². The third-order valence-electron chi connectivity index (χ3n) is 6.58. The van der Waals surface area contributed by atoms with Crippen LogP contribution in [0, 0.1) is 11.7 Å². The molecule has 2 aliphatic rings. The van der Waals surface area contributed by atoms with Crippen molar-refractivity contribution < 1.29 is 26.3 Å². The van der Waals surface area contributed by atoms with E-state index in [-0.39, 0.29) is 34.3 Å². The van der Waals surface area contributed by atoms with Crippen molar-refractivity contribution in [1.82, 2.24) is 14.3 Å². The number of fused-ring (bicyclic) bond motifs is 1. The molecule has 2 aromatic carbocycles. The Labute approximate surface area is 205 Å². The molecule has 3 heterocycles. The summed E-state index contributed by atoms with van der Waals surface area (Å²) in [5.41, 5.74) is 1.58. The first kappa shape index (κ1) is 24.0. The maximum Gasteiger partial charge on any atom is 0.263 e. The number of anilines is 1. The number of hydrogen-bond donors (Lipinski definition) is 1. The molecule has 0 spiro atoms. The molecule has 186 valence electrons. The van der Waals surface area contributed by atoms with Gasteiger partial charge in [-0.1, -0.05) is 18.2 Å². The zero-order valence-corrected chi connectivity index (χ0v) is 20.1. The fourth-order valence-electron chi connectivity index (χ4n) is 4.88. The second kappa shape index (κ2) is 9.75. The van der Waals surface area contributed by atoms with Crippen LogP contribution in [0.25, 0.3) is 0 Å². The average Bonchev–Trinajstić information content (AvgIpc) is 3.36. The van der Waals surface area contributed by atoms with Crippen LogP contribution in [-0.4, -0.2) is 42.3 Å². The number of halogens is 3. The second-order valence-corrected chi connectivity index (χ2v) is 11.1. The van der Waals surface area contributed by atoms with Crippen LogP contribution in [-0.2, 0) is 10.0 Å².